The van der Waals surface area contributed by atoms with Crippen LogP contribution in [0.4, 0.5) is 0 Å². The molecule has 27 heavy (non-hydrogen) atoms. The van der Waals surface area contributed by atoms with Crippen LogP contribution in [0.3, 0.4) is 0 Å². The zero-order valence-corrected chi connectivity index (χ0v) is 17.2. The van der Waals surface area contributed by atoms with Crippen LogP contribution in [0.1, 0.15) is 18.2 Å². The lowest BCUT2D eigenvalue weighted by Gasteiger charge is -2.11. The molecule has 1 heterocycles. The topological polar surface area (TPSA) is 95.6 Å². The smallest absolute Gasteiger partial charge is 0.191 e. The molecule has 0 aliphatic carbocycles. The number of ether oxygens (including phenoxy) is 1. The standard InChI is InChI=1S/C19H30N4O3S/c1-4-20-19(22-11-12-26-13-14-27(3,24)25)21-10-9-16-15(2)23-18-8-6-5-7-17(16)18/h5-8,23H,4,9-14H2,1-3H3,(H2,20,21,22). The summed E-state index contributed by atoms with van der Waals surface area (Å²) >= 11 is 0. The van der Waals surface area contributed by atoms with Crippen LogP contribution in [0.5, 0.6) is 0 Å². The molecule has 0 saturated carbocycles. The van der Waals surface area contributed by atoms with Gasteiger partial charge >= 0.3 is 0 Å². The Morgan fingerprint density at radius 3 is 2.74 bits per heavy atom. The number of aryl methyl sites for hydroxylation is 1. The number of sulfone groups is 1. The lowest BCUT2D eigenvalue weighted by molar-refractivity contribution is 0.157. The molecular formula is C19H30N4O3S. The average molecular weight is 395 g/mol. The van der Waals surface area contributed by atoms with E-state index < -0.39 is 9.84 Å². The molecule has 0 amide bonds. The van der Waals surface area contributed by atoms with Crippen molar-refractivity contribution in [2.24, 2.45) is 4.99 Å². The highest BCUT2D eigenvalue weighted by Gasteiger charge is 2.08. The normalized spacial score (nSPS) is 12.5. The molecule has 0 saturated heterocycles. The quantitative estimate of drug-likeness (QED) is 0.323. The Bertz CT molecular complexity index is 859. The molecule has 2 aromatic rings. The van der Waals surface area contributed by atoms with Crippen molar-refractivity contribution in [2.45, 2.75) is 20.3 Å². The van der Waals surface area contributed by atoms with Crippen LogP contribution in [0.2, 0.25) is 0 Å². The van der Waals surface area contributed by atoms with E-state index in [1.165, 1.54) is 22.9 Å². The molecule has 3 N–H and O–H groups in total. The van der Waals surface area contributed by atoms with Crippen LogP contribution in [0.25, 0.3) is 10.9 Å². The van der Waals surface area contributed by atoms with Crippen molar-refractivity contribution in [1.82, 2.24) is 15.6 Å². The fourth-order valence-corrected chi connectivity index (χ4v) is 3.26. The Hall–Kier alpha value is -2.06. The SMILES string of the molecule is CCNC(=NCCOCCS(C)(=O)=O)NCCc1c(C)[nH]c2ccccc12. The van der Waals surface area contributed by atoms with Gasteiger partial charge in [-0.1, -0.05) is 18.2 Å². The Kier molecular flexibility index (Phi) is 8.12. The summed E-state index contributed by atoms with van der Waals surface area (Å²) in [5, 5.41) is 7.81. The molecule has 2 rings (SSSR count). The fourth-order valence-electron chi connectivity index (χ4n) is 2.84. The average Bonchev–Trinajstić information content (AvgIpc) is 2.92. The summed E-state index contributed by atoms with van der Waals surface area (Å²) in [5.41, 5.74) is 3.68. The van der Waals surface area contributed by atoms with Gasteiger partial charge in [0.2, 0.25) is 0 Å². The van der Waals surface area contributed by atoms with E-state index in [0.29, 0.717) is 13.2 Å². The van der Waals surface area contributed by atoms with Gasteiger partial charge in [0.05, 0.1) is 25.5 Å². The van der Waals surface area contributed by atoms with Crippen LogP contribution >= 0.6 is 0 Å². The Labute approximate surface area is 161 Å². The lowest BCUT2D eigenvalue weighted by Crippen LogP contribution is -2.38. The molecule has 0 aliphatic rings. The van der Waals surface area contributed by atoms with Gasteiger partial charge < -0.3 is 20.4 Å². The molecule has 0 fully saturated rings. The summed E-state index contributed by atoms with van der Waals surface area (Å²) in [7, 11) is -2.98. The highest BCUT2D eigenvalue weighted by atomic mass is 32.2. The second-order valence-electron chi connectivity index (χ2n) is 6.45. The predicted octanol–water partition coefficient (Wildman–Crippen LogP) is 1.64. The monoisotopic (exact) mass is 394 g/mol. The van der Waals surface area contributed by atoms with Gasteiger partial charge in [-0.25, -0.2) is 8.42 Å². The van der Waals surface area contributed by atoms with E-state index in [9.17, 15) is 8.42 Å². The Morgan fingerprint density at radius 1 is 1.22 bits per heavy atom. The number of fused-ring (bicyclic) bond motifs is 1. The first-order valence-electron chi connectivity index (χ1n) is 9.24. The minimum atomic E-state index is -2.98. The van der Waals surface area contributed by atoms with Crippen LogP contribution in [0.15, 0.2) is 29.3 Å². The summed E-state index contributed by atoms with van der Waals surface area (Å²) in [5.74, 6) is 0.778. The summed E-state index contributed by atoms with van der Waals surface area (Å²) in [6.45, 7) is 6.74. The van der Waals surface area contributed by atoms with Crippen molar-refractivity contribution in [3.05, 3.63) is 35.5 Å². The molecule has 8 heteroatoms. The third-order valence-electron chi connectivity index (χ3n) is 4.14. The van der Waals surface area contributed by atoms with Gasteiger partial charge in [-0.15, -0.1) is 0 Å². The number of nitrogens with zero attached hydrogens (tertiary/aromatic N) is 1. The molecule has 1 aromatic carbocycles. The number of aromatic nitrogens is 1. The summed E-state index contributed by atoms with van der Waals surface area (Å²) in [4.78, 5) is 7.88. The van der Waals surface area contributed by atoms with E-state index in [1.54, 1.807) is 0 Å². The van der Waals surface area contributed by atoms with Gasteiger partial charge in [-0.3, -0.25) is 4.99 Å². The molecule has 150 valence electrons. The molecular weight excluding hydrogens is 364 g/mol. The predicted molar refractivity (Wildman–Crippen MR) is 111 cm³/mol. The first-order valence-corrected chi connectivity index (χ1v) is 11.3. The number of rotatable bonds is 10. The van der Waals surface area contributed by atoms with Crippen LogP contribution < -0.4 is 10.6 Å². The van der Waals surface area contributed by atoms with Crippen LogP contribution in [-0.2, 0) is 21.0 Å². The molecule has 0 atom stereocenters. The van der Waals surface area contributed by atoms with Crippen molar-refractivity contribution >= 4 is 26.7 Å². The number of H-pyrrole nitrogens is 1. The second kappa shape index (κ2) is 10.3. The third-order valence-corrected chi connectivity index (χ3v) is 5.05. The zero-order valence-electron chi connectivity index (χ0n) is 16.3. The summed E-state index contributed by atoms with van der Waals surface area (Å²) < 4.78 is 27.4. The van der Waals surface area contributed by atoms with Crippen molar-refractivity contribution in [3.8, 4) is 0 Å². The van der Waals surface area contributed by atoms with Crippen molar-refractivity contribution in [1.29, 1.82) is 0 Å². The van der Waals surface area contributed by atoms with E-state index in [4.69, 9.17) is 4.74 Å². The van der Waals surface area contributed by atoms with Gasteiger partial charge in [-0.2, -0.15) is 0 Å². The maximum atomic E-state index is 11.0. The number of hydrogen-bond acceptors (Lipinski definition) is 4. The maximum Gasteiger partial charge on any atom is 0.191 e. The van der Waals surface area contributed by atoms with E-state index in [2.05, 4.69) is 45.7 Å². The minimum Gasteiger partial charge on any atom is -0.378 e. The van der Waals surface area contributed by atoms with Gasteiger partial charge in [-0.05, 0) is 31.9 Å². The second-order valence-corrected chi connectivity index (χ2v) is 8.71. The number of aromatic amines is 1. The first kappa shape index (κ1) is 21.2. The highest BCUT2D eigenvalue weighted by Crippen LogP contribution is 2.21. The molecule has 7 nitrogen and oxygen atoms in total. The molecule has 0 radical (unpaired) electrons. The van der Waals surface area contributed by atoms with Gasteiger partial charge in [0.25, 0.3) is 0 Å². The first-order chi connectivity index (χ1) is 12.9. The number of hydrogen-bond donors (Lipinski definition) is 3. The van der Waals surface area contributed by atoms with E-state index in [1.807, 2.05) is 13.0 Å². The van der Waals surface area contributed by atoms with Crippen molar-refractivity contribution in [2.75, 3.05) is 44.9 Å². The third kappa shape index (κ3) is 7.22. The highest BCUT2D eigenvalue weighted by molar-refractivity contribution is 7.90. The molecule has 1 aromatic heterocycles. The molecule has 0 bridgehead atoms. The molecule has 0 spiro atoms. The van der Waals surface area contributed by atoms with Crippen LogP contribution in [-0.4, -0.2) is 64.2 Å². The van der Waals surface area contributed by atoms with Gasteiger partial charge in [0, 0.05) is 35.9 Å². The van der Waals surface area contributed by atoms with Crippen molar-refractivity contribution < 1.29 is 13.2 Å². The van der Waals surface area contributed by atoms with E-state index in [-0.39, 0.29) is 12.4 Å². The maximum absolute atomic E-state index is 11.0. The number of nitrogens with one attached hydrogen (secondary N) is 3. The number of para-hydroxylation sites is 1. The fraction of sp³-hybridized carbons (Fsp3) is 0.526. The summed E-state index contributed by atoms with van der Waals surface area (Å²) in [6.07, 6.45) is 2.10. The number of benzene rings is 1. The minimum absolute atomic E-state index is 0.0407. The van der Waals surface area contributed by atoms with E-state index in [0.717, 1.165) is 31.0 Å². The van der Waals surface area contributed by atoms with E-state index >= 15 is 0 Å². The largest absolute Gasteiger partial charge is 0.378 e. The number of guanidine groups is 1. The zero-order chi connectivity index (χ0) is 19.7. The number of aliphatic imine (C=N–C) groups is 1. The van der Waals surface area contributed by atoms with Crippen LogP contribution in [0, 0.1) is 6.92 Å². The Balaban J connectivity index is 1.80. The molecule has 0 aliphatic heterocycles. The summed E-state index contributed by atoms with van der Waals surface area (Å²) in [6, 6.07) is 8.33. The lowest BCUT2D eigenvalue weighted by atomic mass is 10.1. The Morgan fingerprint density at radius 2 is 2.00 bits per heavy atom. The van der Waals surface area contributed by atoms with Gasteiger partial charge in [0.15, 0.2) is 5.96 Å². The van der Waals surface area contributed by atoms with Crippen molar-refractivity contribution in [3.63, 3.8) is 0 Å². The molecule has 0 unspecified atom stereocenters. The van der Waals surface area contributed by atoms with Gasteiger partial charge in [0.1, 0.15) is 9.84 Å².